The highest BCUT2D eigenvalue weighted by Gasteiger charge is 2.21. The van der Waals surface area contributed by atoms with Gasteiger partial charge in [-0.3, -0.25) is 9.59 Å². The standard InChI is InChI=1S/C24H23N3O4S/c1-26(2)32(30,31)22-14-8-3-9-17(22)15-25-23(28)16-27-20-12-6-4-10-18(20)24(29)19-11-5-7-13-21(19)27/h3-14H,15-16H2,1-2H3,(H,25,28). The van der Waals surface area contributed by atoms with Gasteiger partial charge in [0.1, 0.15) is 6.54 Å². The monoisotopic (exact) mass is 449 g/mol. The van der Waals surface area contributed by atoms with E-state index in [2.05, 4.69) is 5.32 Å². The Hall–Kier alpha value is -3.49. The maximum Gasteiger partial charge on any atom is 0.242 e. The van der Waals surface area contributed by atoms with Crippen molar-refractivity contribution in [3.8, 4) is 0 Å². The first-order valence-electron chi connectivity index (χ1n) is 10.1. The van der Waals surface area contributed by atoms with Gasteiger partial charge in [0.25, 0.3) is 0 Å². The quantitative estimate of drug-likeness (QED) is 0.459. The minimum atomic E-state index is -3.63. The van der Waals surface area contributed by atoms with Crippen molar-refractivity contribution in [2.75, 3.05) is 14.1 Å². The van der Waals surface area contributed by atoms with Crippen molar-refractivity contribution in [3.63, 3.8) is 0 Å². The zero-order chi connectivity index (χ0) is 22.9. The number of rotatable bonds is 6. The van der Waals surface area contributed by atoms with Gasteiger partial charge in [0, 0.05) is 31.4 Å². The number of benzene rings is 3. The smallest absolute Gasteiger partial charge is 0.242 e. The number of hydrogen-bond donors (Lipinski definition) is 1. The lowest BCUT2D eigenvalue weighted by molar-refractivity contribution is -0.121. The Morgan fingerprint density at radius 2 is 1.41 bits per heavy atom. The van der Waals surface area contributed by atoms with Crippen LogP contribution in [0.3, 0.4) is 0 Å². The molecule has 0 aliphatic heterocycles. The van der Waals surface area contributed by atoms with E-state index in [1.807, 2.05) is 28.8 Å². The van der Waals surface area contributed by atoms with E-state index in [1.54, 1.807) is 42.5 Å². The van der Waals surface area contributed by atoms with Crippen LogP contribution in [0.15, 0.2) is 82.5 Å². The lowest BCUT2D eigenvalue weighted by atomic mass is 10.1. The molecule has 0 bridgehead atoms. The SMILES string of the molecule is CN(C)S(=O)(=O)c1ccccc1CNC(=O)Cn1c2ccccc2c(=O)c2ccccc21. The molecule has 0 atom stereocenters. The summed E-state index contributed by atoms with van der Waals surface area (Å²) >= 11 is 0. The number of sulfonamides is 1. The first kappa shape index (κ1) is 21.7. The van der Waals surface area contributed by atoms with Crippen LogP contribution in [0, 0.1) is 0 Å². The molecule has 32 heavy (non-hydrogen) atoms. The molecule has 164 valence electrons. The predicted octanol–water partition coefficient (Wildman–Crippen LogP) is 2.72. The van der Waals surface area contributed by atoms with E-state index in [-0.39, 0.29) is 29.3 Å². The lowest BCUT2D eigenvalue weighted by Crippen LogP contribution is -2.30. The molecule has 0 radical (unpaired) electrons. The van der Waals surface area contributed by atoms with Gasteiger partial charge in [-0.1, -0.05) is 42.5 Å². The van der Waals surface area contributed by atoms with Crippen LogP contribution in [0.4, 0.5) is 0 Å². The molecule has 0 fully saturated rings. The Morgan fingerprint density at radius 1 is 0.875 bits per heavy atom. The van der Waals surface area contributed by atoms with Crippen LogP contribution in [-0.2, 0) is 27.9 Å². The lowest BCUT2D eigenvalue weighted by Gasteiger charge is -2.17. The zero-order valence-corrected chi connectivity index (χ0v) is 18.6. The van der Waals surface area contributed by atoms with E-state index >= 15 is 0 Å². The van der Waals surface area contributed by atoms with E-state index in [4.69, 9.17) is 0 Å². The molecule has 0 saturated carbocycles. The normalized spacial score (nSPS) is 11.8. The Bertz CT molecular complexity index is 1430. The number of hydrogen-bond acceptors (Lipinski definition) is 4. The number of carbonyl (C=O) groups excluding carboxylic acids is 1. The average Bonchev–Trinajstić information content (AvgIpc) is 2.80. The van der Waals surface area contributed by atoms with E-state index < -0.39 is 10.0 Å². The molecule has 0 spiro atoms. The molecule has 4 aromatic rings. The Balaban J connectivity index is 1.66. The Morgan fingerprint density at radius 3 is 2.00 bits per heavy atom. The minimum absolute atomic E-state index is 0.0100. The van der Waals surface area contributed by atoms with Crippen molar-refractivity contribution in [1.82, 2.24) is 14.2 Å². The molecule has 1 N–H and O–H groups in total. The van der Waals surface area contributed by atoms with E-state index in [9.17, 15) is 18.0 Å². The van der Waals surface area contributed by atoms with Gasteiger partial charge in [-0.05, 0) is 35.9 Å². The summed E-state index contributed by atoms with van der Waals surface area (Å²) in [5, 5.41) is 3.91. The largest absolute Gasteiger partial charge is 0.350 e. The summed E-state index contributed by atoms with van der Waals surface area (Å²) in [6.45, 7) is 0.0576. The summed E-state index contributed by atoms with van der Waals surface area (Å²) in [6, 6.07) is 21.0. The number of fused-ring (bicyclic) bond motifs is 2. The third-order valence-corrected chi connectivity index (χ3v) is 7.30. The van der Waals surface area contributed by atoms with Crippen molar-refractivity contribution in [3.05, 3.63) is 88.6 Å². The van der Waals surface area contributed by atoms with E-state index in [0.29, 0.717) is 27.4 Å². The molecule has 4 rings (SSSR count). The zero-order valence-electron chi connectivity index (χ0n) is 17.8. The molecule has 1 aromatic heterocycles. The van der Waals surface area contributed by atoms with Gasteiger partial charge in [-0.25, -0.2) is 12.7 Å². The molecule has 8 heteroatoms. The van der Waals surface area contributed by atoms with Gasteiger partial charge >= 0.3 is 0 Å². The maximum atomic E-state index is 12.9. The number of aromatic nitrogens is 1. The summed E-state index contributed by atoms with van der Waals surface area (Å²) in [6.07, 6.45) is 0. The molecule has 1 amide bonds. The highest BCUT2D eigenvalue weighted by molar-refractivity contribution is 7.89. The fourth-order valence-corrected chi connectivity index (χ4v) is 4.85. The third kappa shape index (κ3) is 3.90. The Labute approximate surface area is 185 Å². The van der Waals surface area contributed by atoms with Gasteiger partial charge in [0.2, 0.25) is 15.9 Å². The van der Waals surface area contributed by atoms with Crippen LogP contribution >= 0.6 is 0 Å². The molecule has 3 aromatic carbocycles. The first-order chi connectivity index (χ1) is 15.3. The third-order valence-electron chi connectivity index (χ3n) is 5.39. The number of pyridine rings is 1. The van der Waals surface area contributed by atoms with Gasteiger partial charge < -0.3 is 9.88 Å². The second-order valence-electron chi connectivity index (χ2n) is 7.62. The molecular weight excluding hydrogens is 426 g/mol. The fraction of sp³-hybridized carbons (Fsp3) is 0.167. The number of para-hydroxylation sites is 2. The second-order valence-corrected chi connectivity index (χ2v) is 9.74. The summed E-state index contributed by atoms with van der Waals surface area (Å²) in [7, 11) is -0.696. The van der Waals surface area contributed by atoms with Crippen LogP contribution < -0.4 is 10.7 Å². The number of nitrogens with one attached hydrogen (secondary N) is 1. The summed E-state index contributed by atoms with van der Waals surface area (Å²) in [5.74, 6) is -0.291. The summed E-state index contributed by atoms with van der Waals surface area (Å²) < 4.78 is 28.1. The topological polar surface area (TPSA) is 88.5 Å². The second kappa shape index (κ2) is 8.57. The maximum absolute atomic E-state index is 12.9. The molecule has 1 heterocycles. The molecule has 0 aliphatic rings. The van der Waals surface area contributed by atoms with Gasteiger partial charge in [0.05, 0.1) is 15.9 Å². The van der Waals surface area contributed by atoms with Crippen LogP contribution in [0.25, 0.3) is 21.8 Å². The van der Waals surface area contributed by atoms with E-state index in [0.717, 1.165) is 4.31 Å². The van der Waals surface area contributed by atoms with Gasteiger partial charge in [-0.15, -0.1) is 0 Å². The van der Waals surface area contributed by atoms with Crippen LogP contribution in [0.5, 0.6) is 0 Å². The predicted molar refractivity (Wildman–Crippen MR) is 125 cm³/mol. The average molecular weight is 450 g/mol. The summed E-state index contributed by atoms with van der Waals surface area (Å²) in [5.41, 5.74) is 1.77. The fourth-order valence-electron chi connectivity index (χ4n) is 3.74. The number of amides is 1. The van der Waals surface area contributed by atoms with Crippen molar-refractivity contribution >= 4 is 37.7 Å². The van der Waals surface area contributed by atoms with Crippen molar-refractivity contribution < 1.29 is 13.2 Å². The molecule has 0 unspecified atom stereocenters. The first-order valence-corrected chi connectivity index (χ1v) is 11.5. The van der Waals surface area contributed by atoms with Crippen LogP contribution in [-0.4, -0.2) is 37.3 Å². The minimum Gasteiger partial charge on any atom is -0.350 e. The number of carbonyl (C=O) groups is 1. The van der Waals surface area contributed by atoms with E-state index in [1.165, 1.54) is 20.2 Å². The Kier molecular flexibility index (Phi) is 5.82. The van der Waals surface area contributed by atoms with Crippen molar-refractivity contribution in [2.24, 2.45) is 0 Å². The molecule has 7 nitrogen and oxygen atoms in total. The molecule has 0 aliphatic carbocycles. The highest BCUT2D eigenvalue weighted by atomic mass is 32.2. The van der Waals surface area contributed by atoms with Crippen molar-refractivity contribution in [1.29, 1.82) is 0 Å². The number of nitrogens with zero attached hydrogens (tertiary/aromatic N) is 2. The highest BCUT2D eigenvalue weighted by Crippen LogP contribution is 2.20. The van der Waals surface area contributed by atoms with Crippen molar-refractivity contribution in [2.45, 2.75) is 18.0 Å². The molecular formula is C24H23N3O4S. The molecule has 0 saturated heterocycles. The van der Waals surface area contributed by atoms with Crippen LogP contribution in [0.2, 0.25) is 0 Å². The van der Waals surface area contributed by atoms with Gasteiger partial charge in [-0.2, -0.15) is 0 Å². The van der Waals surface area contributed by atoms with Gasteiger partial charge in [0.15, 0.2) is 5.43 Å². The van der Waals surface area contributed by atoms with Crippen LogP contribution in [0.1, 0.15) is 5.56 Å². The summed E-state index contributed by atoms with van der Waals surface area (Å²) in [4.78, 5) is 25.9.